The van der Waals surface area contributed by atoms with E-state index in [9.17, 15) is 4.79 Å². The molecule has 1 N–H and O–H groups in total. The second-order valence-electron chi connectivity index (χ2n) is 7.31. The van der Waals surface area contributed by atoms with Crippen LogP contribution >= 0.6 is 12.2 Å². The van der Waals surface area contributed by atoms with Gasteiger partial charge in [0.15, 0.2) is 4.77 Å². The number of fused-ring (bicyclic) bond motifs is 4. The number of benzene rings is 1. The van der Waals surface area contributed by atoms with Crippen LogP contribution in [0.5, 0.6) is 0 Å². The molecule has 1 aromatic heterocycles. The minimum atomic E-state index is -0.00591. The van der Waals surface area contributed by atoms with Crippen molar-refractivity contribution in [1.29, 1.82) is 0 Å². The standard InChI is InChI=1S/C20H24N2OS/c1-2-12-22-18(23)16-17(21-19(22)24)15-9-5-4-8-14(15)13-20(16)10-6-3-7-11-20/h4-5,8-9H,2-3,6-7,10-13H2,1H3,(H,21,24). The zero-order valence-electron chi connectivity index (χ0n) is 14.2. The maximum atomic E-state index is 13.4. The summed E-state index contributed by atoms with van der Waals surface area (Å²) in [5.41, 5.74) is 4.64. The number of H-pyrrole nitrogens is 1. The molecule has 2 aliphatic rings. The summed E-state index contributed by atoms with van der Waals surface area (Å²) in [5, 5.41) is 0. The molecule has 2 aliphatic carbocycles. The van der Waals surface area contributed by atoms with E-state index in [-0.39, 0.29) is 11.0 Å². The van der Waals surface area contributed by atoms with Crippen LogP contribution in [0.1, 0.15) is 56.6 Å². The Bertz CT molecular complexity index is 887. The van der Waals surface area contributed by atoms with Crippen molar-refractivity contribution in [3.8, 4) is 11.3 Å². The largest absolute Gasteiger partial charge is 0.331 e. The van der Waals surface area contributed by atoms with Crippen LogP contribution in [0, 0.1) is 4.77 Å². The second kappa shape index (κ2) is 5.99. The lowest BCUT2D eigenvalue weighted by atomic mass is 9.62. The van der Waals surface area contributed by atoms with Gasteiger partial charge in [-0.15, -0.1) is 0 Å². The van der Waals surface area contributed by atoms with E-state index < -0.39 is 0 Å². The van der Waals surface area contributed by atoms with E-state index in [1.165, 1.54) is 24.8 Å². The van der Waals surface area contributed by atoms with Crippen LogP contribution in [0.15, 0.2) is 29.1 Å². The fourth-order valence-electron chi connectivity index (χ4n) is 4.72. The van der Waals surface area contributed by atoms with Gasteiger partial charge in [-0.1, -0.05) is 50.5 Å². The van der Waals surface area contributed by atoms with E-state index >= 15 is 0 Å². The van der Waals surface area contributed by atoms with Crippen LogP contribution < -0.4 is 5.56 Å². The van der Waals surface area contributed by atoms with Crippen LogP contribution in [0.3, 0.4) is 0 Å². The molecule has 24 heavy (non-hydrogen) atoms. The van der Waals surface area contributed by atoms with Gasteiger partial charge in [-0.2, -0.15) is 0 Å². The molecule has 1 heterocycles. The third-order valence-electron chi connectivity index (χ3n) is 5.79. The lowest BCUT2D eigenvalue weighted by molar-refractivity contribution is 0.283. The molecule has 0 amide bonds. The Kier molecular flexibility index (Phi) is 3.95. The van der Waals surface area contributed by atoms with Crippen LogP contribution in [-0.4, -0.2) is 9.55 Å². The monoisotopic (exact) mass is 340 g/mol. The van der Waals surface area contributed by atoms with Crippen molar-refractivity contribution in [2.45, 2.75) is 63.8 Å². The lowest BCUT2D eigenvalue weighted by Gasteiger charge is -2.42. The van der Waals surface area contributed by atoms with Gasteiger partial charge < -0.3 is 4.98 Å². The van der Waals surface area contributed by atoms with Crippen molar-refractivity contribution in [3.63, 3.8) is 0 Å². The summed E-state index contributed by atoms with van der Waals surface area (Å²) >= 11 is 5.52. The summed E-state index contributed by atoms with van der Waals surface area (Å²) in [6, 6.07) is 8.49. The van der Waals surface area contributed by atoms with Crippen LogP contribution in [0.25, 0.3) is 11.3 Å². The highest BCUT2D eigenvalue weighted by Crippen LogP contribution is 2.48. The summed E-state index contributed by atoms with van der Waals surface area (Å²) in [7, 11) is 0. The summed E-state index contributed by atoms with van der Waals surface area (Å²) in [5.74, 6) is 0. The van der Waals surface area contributed by atoms with Crippen molar-refractivity contribution >= 4 is 12.2 Å². The first-order valence-corrected chi connectivity index (χ1v) is 9.53. The van der Waals surface area contributed by atoms with Crippen molar-refractivity contribution in [1.82, 2.24) is 9.55 Å². The minimum absolute atomic E-state index is 0.00591. The maximum Gasteiger partial charge on any atom is 0.258 e. The molecule has 0 aliphatic heterocycles. The normalized spacial score (nSPS) is 18.2. The van der Waals surface area contributed by atoms with Crippen molar-refractivity contribution in [2.24, 2.45) is 0 Å². The maximum absolute atomic E-state index is 13.4. The summed E-state index contributed by atoms with van der Waals surface area (Å²) in [6.07, 6.45) is 7.84. The van der Waals surface area contributed by atoms with Gasteiger partial charge in [0, 0.05) is 23.1 Å². The SMILES string of the molecule is CCCn1c(=S)[nH]c2c(c1=O)C1(CCCCC1)Cc1ccccc1-2. The molecule has 0 radical (unpaired) electrons. The van der Waals surface area contributed by atoms with Crippen LogP contribution in [-0.2, 0) is 18.4 Å². The molecule has 0 unspecified atom stereocenters. The van der Waals surface area contributed by atoms with E-state index in [4.69, 9.17) is 12.2 Å². The molecule has 1 saturated carbocycles. The number of hydrogen-bond acceptors (Lipinski definition) is 2. The number of nitrogens with zero attached hydrogens (tertiary/aromatic N) is 1. The Morgan fingerprint density at radius 3 is 2.71 bits per heavy atom. The summed E-state index contributed by atoms with van der Waals surface area (Å²) in [4.78, 5) is 16.8. The molecule has 2 aromatic rings. The molecule has 1 spiro atoms. The molecule has 0 atom stereocenters. The number of aromatic amines is 1. The zero-order chi connectivity index (χ0) is 16.7. The lowest BCUT2D eigenvalue weighted by Crippen LogP contribution is -2.43. The Hall–Kier alpha value is -1.68. The summed E-state index contributed by atoms with van der Waals surface area (Å²) in [6.45, 7) is 2.78. The van der Waals surface area contributed by atoms with Gasteiger partial charge in [-0.05, 0) is 43.5 Å². The number of hydrogen-bond donors (Lipinski definition) is 1. The van der Waals surface area contributed by atoms with Gasteiger partial charge in [0.05, 0.1) is 5.69 Å². The van der Waals surface area contributed by atoms with Gasteiger partial charge in [0.25, 0.3) is 5.56 Å². The Labute approximate surface area is 147 Å². The van der Waals surface area contributed by atoms with E-state index in [0.717, 1.165) is 42.5 Å². The predicted octanol–water partition coefficient (Wildman–Crippen LogP) is 4.74. The highest BCUT2D eigenvalue weighted by atomic mass is 32.1. The topological polar surface area (TPSA) is 37.8 Å². The summed E-state index contributed by atoms with van der Waals surface area (Å²) < 4.78 is 2.33. The molecular formula is C20H24N2OS. The third-order valence-corrected chi connectivity index (χ3v) is 6.11. The predicted molar refractivity (Wildman–Crippen MR) is 100 cm³/mol. The van der Waals surface area contributed by atoms with Gasteiger partial charge in [-0.3, -0.25) is 9.36 Å². The molecule has 4 rings (SSSR count). The second-order valence-corrected chi connectivity index (χ2v) is 7.70. The van der Waals surface area contributed by atoms with Crippen LogP contribution in [0.2, 0.25) is 0 Å². The third kappa shape index (κ3) is 2.31. The molecular weight excluding hydrogens is 316 g/mol. The number of rotatable bonds is 2. The molecule has 0 bridgehead atoms. The molecule has 1 fully saturated rings. The minimum Gasteiger partial charge on any atom is -0.331 e. The average molecular weight is 340 g/mol. The number of nitrogens with one attached hydrogen (secondary N) is 1. The van der Waals surface area contributed by atoms with E-state index in [1.807, 2.05) is 0 Å². The average Bonchev–Trinajstić information content (AvgIpc) is 2.59. The van der Waals surface area contributed by atoms with Crippen molar-refractivity contribution in [3.05, 3.63) is 50.5 Å². The smallest absolute Gasteiger partial charge is 0.258 e. The zero-order valence-corrected chi connectivity index (χ0v) is 15.0. The first-order valence-electron chi connectivity index (χ1n) is 9.12. The fraction of sp³-hybridized carbons (Fsp3) is 0.500. The van der Waals surface area contributed by atoms with Crippen molar-refractivity contribution in [2.75, 3.05) is 0 Å². The first kappa shape index (κ1) is 15.8. The van der Waals surface area contributed by atoms with Gasteiger partial charge >= 0.3 is 0 Å². The first-order chi connectivity index (χ1) is 11.7. The van der Waals surface area contributed by atoms with E-state index in [0.29, 0.717) is 11.3 Å². The van der Waals surface area contributed by atoms with Gasteiger partial charge in [-0.25, -0.2) is 0 Å². The Morgan fingerprint density at radius 2 is 1.96 bits per heavy atom. The highest BCUT2D eigenvalue weighted by molar-refractivity contribution is 7.71. The van der Waals surface area contributed by atoms with Crippen molar-refractivity contribution < 1.29 is 0 Å². The molecule has 0 saturated heterocycles. The Balaban J connectivity index is 2.04. The number of aromatic nitrogens is 2. The molecule has 4 heteroatoms. The molecule has 3 nitrogen and oxygen atoms in total. The quantitative estimate of drug-likeness (QED) is 0.802. The Morgan fingerprint density at radius 1 is 1.21 bits per heavy atom. The highest BCUT2D eigenvalue weighted by Gasteiger charge is 2.42. The van der Waals surface area contributed by atoms with Gasteiger partial charge in [0.2, 0.25) is 0 Å². The molecule has 126 valence electrons. The fourth-order valence-corrected chi connectivity index (χ4v) is 4.99. The van der Waals surface area contributed by atoms with E-state index in [2.05, 4.69) is 36.2 Å². The van der Waals surface area contributed by atoms with Crippen LogP contribution in [0.4, 0.5) is 0 Å². The van der Waals surface area contributed by atoms with E-state index in [1.54, 1.807) is 4.57 Å². The molecule has 1 aromatic carbocycles. The van der Waals surface area contributed by atoms with Gasteiger partial charge in [0.1, 0.15) is 0 Å².